The van der Waals surface area contributed by atoms with Crippen LogP contribution < -0.4 is 4.74 Å². The average molecular weight is 347 g/mol. The first-order valence-corrected chi connectivity index (χ1v) is 8.59. The van der Waals surface area contributed by atoms with Crippen molar-refractivity contribution in [3.8, 4) is 5.75 Å². The highest BCUT2D eigenvalue weighted by molar-refractivity contribution is 9.09. The lowest BCUT2D eigenvalue weighted by atomic mass is 9.95. The molecule has 0 N–H and O–H groups in total. The predicted molar refractivity (Wildman–Crippen MR) is 93.6 cm³/mol. The van der Waals surface area contributed by atoms with Crippen molar-refractivity contribution < 1.29 is 4.74 Å². The minimum atomic E-state index is 0.231. The molecule has 1 atom stereocenters. The highest BCUT2D eigenvalue weighted by Crippen LogP contribution is 2.34. The summed E-state index contributed by atoms with van der Waals surface area (Å²) in [6.45, 7) is 7.12. The van der Waals surface area contributed by atoms with E-state index >= 15 is 0 Å². The van der Waals surface area contributed by atoms with Gasteiger partial charge in [-0.2, -0.15) is 0 Å². The Bertz CT molecular complexity index is 575. The molecule has 0 aromatic heterocycles. The highest BCUT2D eigenvalue weighted by atomic mass is 79.9. The summed E-state index contributed by atoms with van der Waals surface area (Å²) < 4.78 is 5.51. The molecule has 0 bridgehead atoms. The largest absolute Gasteiger partial charge is 0.494 e. The van der Waals surface area contributed by atoms with Crippen LogP contribution in [-0.4, -0.2) is 6.61 Å². The van der Waals surface area contributed by atoms with E-state index in [9.17, 15) is 0 Å². The topological polar surface area (TPSA) is 9.23 Å². The van der Waals surface area contributed by atoms with E-state index < -0.39 is 0 Å². The van der Waals surface area contributed by atoms with E-state index in [0.29, 0.717) is 6.61 Å². The molecule has 2 aromatic carbocycles. The molecule has 0 aliphatic carbocycles. The number of halogens is 1. The maximum Gasteiger partial charge on any atom is 0.119 e. The smallest absolute Gasteiger partial charge is 0.119 e. The second kappa shape index (κ2) is 7.65. The van der Waals surface area contributed by atoms with E-state index in [2.05, 4.69) is 60.1 Å². The molecule has 2 heteroatoms. The zero-order valence-corrected chi connectivity index (χ0v) is 14.6. The SMILES string of the molecule is CCOc1ccc(C(Br)c2cc(CC)ccc2CC)cc1. The average Bonchev–Trinajstić information content (AvgIpc) is 2.54. The fourth-order valence-corrected chi connectivity index (χ4v) is 3.23. The monoisotopic (exact) mass is 346 g/mol. The Morgan fingerprint density at radius 1 is 0.952 bits per heavy atom. The molecule has 0 aliphatic rings. The van der Waals surface area contributed by atoms with Crippen LogP contribution in [0.3, 0.4) is 0 Å². The van der Waals surface area contributed by atoms with Crippen molar-refractivity contribution in [2.75, 3.05) is 6.61 Å². The third-order valence-electron chi connectivity index (χ3n) is 3.76. The predicted octanol–water partition coefficient (Wildman–Crippen LogP) is 5.69. The Kier molecular flexibility index (Phi) is 5.86. The van der Waals surface area contributed by atoms with Gasteiger partial charge in [0.15, 0.2) is 0 Å². The first-order chi connectivity index (χ1) is 10.2. The Morgan fingerprint density at radius 3 is 2.24 bits per heavy atom. The molecule has 21 heavy (non-hydrogen) atoms. The Hall–Kier alpha value is -1.28. The molecule has 1 nitrogen and oxygen atoms in total. The second-order valence-corrected chi connectivity index (χ2v) is 6.02. The van der Waals surface area contributed by atoms with Gasteiger partial charge in [-0.15, -0.1) is 0 Å². The number of hydrogen-bond acceptors (Lipinski definition) is 1. The molecule has 2 aromatic rings. The van der Waals surface area contributed by atoms with Crippen LogP contribution in [0.25, 0.3) is 0 Å². The van der Waals surface area contributed by atoms with Crippen molar-refractivity contribution in [1.29, 1.82) is 0 Å². The second-order valence-electron chi connectivity index (χ2n) is 5.10. The Morgan fingerprint density at radius 2 is 1.67 bits per heavy atom. The zero-order chi connectivity index (χ0) is 15.2. The summed E-state index contributed by atoms with van der Waals surface area (Å²) in [6.07, 6.45) is 2.12. The van der Waals surface area contributed by atoms with Crippen LogP contribution in [0.5, 0.6) is 5.75 Å². The van der Waals surface area contributed by atoms with E-state index in [1.807, 2.05) is 19.1 Å². The van der Waals surface area contributed by atoms with Crippen LogP contribution >= 0.6 is 15.9 Å². The molecule has 0 radical (unpaired) electrons. The highest BCUT2D eigenvalue weighted by Gasteiger charge is 2.14. The van der Waals surface area contributed by atoms with Gasteiger partial charge in [-0.1, -0.05) is 60.1 Å². The van der Waals surface area contributed by atoms with Crippen molar-refractivity contribution >= 4 is 15.9 Å². The Balaban J connectivity index is 2.31. The van der Waals surface area contributed by atoms with Gasteiger partial charge in [0.1, 0.15) is 5.75 Å². The van der Waals surface area contributed by atoms with Crippen LogP contribution in [0.1, 0.15) is 47.9 Å². The molecular formula is C19H23BrO. The minimum absolute atomic E-state index is 0.231. The van der Waals surface area contributed by atoms with Crippen molar-refractivity contribution in [1.82, 2.24) is 0 Å². The summed E-state index contributed by atoms with van der Waals surface area (Å²) >= 11 is 3.87. The summed E-state index contributed by atoms with van der Waals surface area (Å²) in [5.74, 6) is 0.930. The fraction of sp³-hybridized carbons (Fsp3) is 0.368. The summed E-state index contributed by atoms with van der Waals surface area (Å²) in [5, 5.41) is 0. The number of aryl methyl sites for hydroxylation is 2. The van der Waals surface area contributed by atoms with E-state index in [0.717, 1.165) is 18.6 Å². The van der Waals surface area contributed by atoms with Gasteiger partial charge in [-0.05, 0) is 54.2 Å². The molecular weight excluding hydrogens is 324 g/mol. The molecule has 1 unspecified atom stereocenters. The summed E-state index contributed by atoms with van der Waals surface area (Å²) in [7, 11) is 0. The molecule has 0 spiro atoms. The van der Waals surface area contributed by atoms with Crippen molar-refractivity contribution in [3.05, 3.63) is 64.7 Å². The first kappa shape index (κ1) is 16.1. The third kappa shape index (κ3) is 3.88. The van der Waals surface area contributed by atoms with Crippen molar-refractivity contribution in [2.24, 2.45) is 0 Å². The molecule has 0 saturated heterocycles. The standard InChI is InChI=1S/C19H23BrO/c1-4-14-7-8-15(5-2)18(13-14)19(20)16-9-11-17(12-10-16)21-6-3/h7-13,19H,4-6H2,1-3H3. The molecule has 0 aliphatic heterocycles. The van der Waals surface area contributed by atoms with E-state index in [4.69, 9.17) is 4.74 Å². The van der Waals surface area contributed by atoms with Crippen LogP contribution in [-0.2, 0) is 12.8 Å². The van der Waals surface area contributed by atoms with E-state index in [1.165, 1.54) is 22.3 Å². The van der Waals surface area contributed by atoms with Gasteiger partial charge in [0.05, 0.1) is 11.4 Å². The van der Waals surface area contributed by atoms with Crippen molar-refractivity contribution in [3.63, 3.8) is 0 Å². The fourth-order valence-electron chi connectivity index (χ4n) is 2.50. The zero-order valence-electron chi connectivity index (χ0n) is 13.0. The lowest BCUT2D eigenvalue weighted by molar-refractivity contribution is 0.340. The quantitative estimate of drug-likeness (QED) is 0.610. The maximum absolute atomic E-state index is 5.51. The molecule has 0 amide bonds. The molecule has 112 valence electrons. The van der Waals surface area contributed by atoms with Crippen LogP contribution in [0.2, 0.25) is 0 Å². The lowest BCUT2D eigenvalue weighted by Gasteiger charge is -2.17. The van der Waals surface area contributed by atoms with Crippen LogP contribution in [0.4, 0.5) is 0 Å². The maximum atomic E-state index is 5.51. The van der Waals surface area contributed by atoms with Gasteiger partial charge >= 0.3 is 0 Å². The van der Waals surface area contributed by atoms with E-state index in [1.54, 1.807) is 0 Å². The van der Waals surface area contributed by atoms with Gasteiger partial charge < -0.3 is 4.74 Å². The molecule has 0 saturated carbocycles. The summed E-state index contributed by atoms with van der Waals surface area (Å²) in [6, 6.07) is 15.2. The third-order valence-corrected chi connectivity index (χ3v) is 4.78. The number of rotatable bonds is 6. The van der Waals surface area contributed by atoms with Crippen LogP contribution in [0.15, 0.2) is 42.5 Å². The number of alkyl halides is 1. The number of benzene rings is 2. The van der Waals surface area contributed by atoms with Crippen molar-refractivity contribution in [2.45, 2.75) is 38.4 Å². The van der Waals surface area contributed by atoms with E-state index in [-0.39, 0.29) is 4.83 Å². The van der Waals surface area contributed by atoms with Gasteiger partial charge in [0, 0.05) is 0 Å². The van der Waals surface area contributed by atoms with Gasteiger partial charge in [-0.3, -0.25) is 0 Å². The summed E-state index contributed by atoms with van der Waals surface area (Å²) in [4.78, 5) is 0.231. The number of ether oxygens (including phenoxy) is 1. The van der Waals surface area contributed by atoms with Crippen LogP contribution in [0, 0.1) is 0 Å². The lowest BCUT2D eigenvalue weighted by Crippen LogP contribution is -2.00. The van der Waals surface area contributed by atoms with Gasteiger partial charge in [0.25, 0.3) is 0 Å². The Labute approximate surface area is 136 Å². The van der Waals surface area contributed by atoms with Gasteiger partial charge in [-0.25, -0.2) is 0 Å². The molecule has 2 rings (SSSR count). The number of hydrogen-bond donors (Lipinski definition) is 0. The summed E-state index contributed by atoms with van der Waals surface area (Å²) in [5.41, 5.74) is 5.43. The molecule has 0 heterocycles. The van der Waals surface area contributed by atoms with Gasteiger partial charge in [0.2, 0.25) is 0 Å². The normalized spacial score (nSPS) is 12.2. The molecule has 0 fully saturated rings. The first-order valence-electron chi connectivity index (χ1n) is 7.68. The minimum Gasteiger partial charge on any atom is -0.494 e.